The van der Waals surface area contributed by atoms with E-state index in [0.717, 1.165) is 12.3 Å². The molecule has 1 N–H and O–H groups in total. The third kappa shape index (κ3) is 2.57. The second-order valence-electron chi connectivity index (χ2n) is 3.59. The van der Waals surface area contributed by atoms with E-state index in [0.29, 0.717) is 0 Å². The van der Waals surface area contributed by atoms with Gasteiger partial charge >= 0.3 is 0 Å². The maximum Gasteiger partial charge on any atom is 0.0188 e. The molecule has 12 heavy (non-hydrogen) atoms. The summed E-state index contributed by atoms with van der Waals surface area (Å²) < 4.78 is 0. The molecule has 0 atom stereocenters. The molecule has 0 unspecified atom stereocenters. The summed E-state index contributed by atoms with van der Waals surface area (Å²) in [5.41, 5.74) is 2.55. The number of aromatic amines is 1. The van der Waals surface area contributed by atoms with Crippen LogP contribution in [-0.4, -0.2) is 4.98 Å². The molecule has 1 rings (SSSR count). The fraction of sp³-hybridized carbons (Fsp3) is 0.455. The zero-order chi connectivity index (χ0) is 8.97. The molecule has 1 aromatic rings. The lowest BCUT2D eigenvalue weighted by atomic mass is 10.1. The number of hydrogen-bond donors (Lipinski definition) is 1. The van der Waals surface area contributed by atoms with Crippen molar-refractivity contribution in [2.45, 2.75) is 27.2 Å². The van der Waals surface area contributed by atoms with Gasteiger partial charge in [-0.05, 0) is 30.9 Å². The summed E-state index contributed by atoms with van der Waals surface area (Å²) in [6.07, 6.45) is 7.56. The molecule has 0 saturated carbocycles. The van der Waals surface area contributed by atoms with Crippen molar-refractivity contribution in [2.75, 3.05) is 0 Å². The topological polar surface area (TPSA) is 15.8 Å². The van der Waals surface area contributed by atoms with E-state index in [1.807, 2.05) is 6.20 Å². The van der Waals surface area contributed by atoms with Crippen LogP contribution in [0.25, 0.3) is 6.08 Å². The first-order valence-electron chi connectivity index (χ1n) is 4.50. The Morgan fingerprint density at radius 2 is 2.25 bits per heavy atom. The lowest BCUT2D eigenvalue weighted by molar-refractivity contribution is 0.665. The highest BCUT2D eigenvalue weighted by Gasteiger charge is 1.92. The van der Waals surface area contributed by atoms with Crippen molar-refractivity contribution in [1.82, 2.24) is 4.98 Å². The van der Waals surface area contributed by atoms with Crippen LogP contribution in [0.3, 0.4) is 0 Å². The molecule has 1 aromatic heterocycles. The van der Waals surface area contributed by atoms with Gasteiger partial charge in [0.1, 0.15) is 0 Å². The Kier molecular flexibility index (Phi) is 3.15. The zero-order valence-electron chi connectivity index (χ0n) is 8.09. The molecule has 1 heterocycles. The van der Waals surface area contributed by atoms with Gasteiger partial charge in [-0.15, -0.1) is 0 Å². The van der Waals surface area contributed by atoms with Gasteiger partial charge in [0, 0.05) is 11.9 Å². The van der Waals surface area contributed by atoms with Crippen LogP contribution in [0.15, 0.2) is 18.3 Å². The van der Waals surface area contributed by atoms with Crippen molar-refractivity contribution < 1.29 is 0 Å². The van der Waals surface area contributed by atoms with Crippen molar-refractivity contribution in [2.24, 2.45) is 5.92 Å². The van der Waals surface area contributed by atoms with Crippen molar-refractivity contribution >= 4 is 6.08 Å². The van der Waals surface area contributed by atoms with Crippen LogP contribution in [-0.2, 0) is 0 Å². The van der Waals surface area contributed by atoms with E-state index in [1.54, 1.807) is 0 Å². The highest BCUT2D eigenvalue weighted by molar-refractivity contribution is 5.51. The summed E-state index contributed by atoms with van der Waals surface area (Å²) in [4.78, 5) is 3.16. The van der Waals surface area contributed by atoms with Gasteiger partial charge in [-0.3, -0.25) is 0 Å². The first-order valence-corrected chi connectivity index (χ1v) is 4.50. The molecule has 0 aromatic carbocycles. The molecule has 0 saturated heterocycles. The van der Waals surface area contributed by atoms with E-state index in [-0.39, 0.29) is 0 Å². The summed E-state index contributed by atoms with van der Waals surface area (Å²) in [5, 5.41) is 0. The molecule has 0 aliphatic carbocycles. The number of allylic oxidation sites excluding steroid dienone is 1. The summed E-state index contributed by atoms with van der Waals surface area (Å²) in [6, 6.07) is 2.10. The van der Waals surface area contributed by atoms with Crippen LogP contribution in [0.2, 0.25) is 0 Å². The number of aromatic nitrogens is 1. The van der Waals surface area contributed by atoms with E-state index in [1.165, 1.54) is 11.3 Å². The first kappa shape index (κ1) is 9.11. The van der Waals surface area contributed by atoms with Crippen LogP contribution in [0.1, 0.15) is 31.5 Å². The van der Waals surface area contributed by atoms with E-state index < -0.39 is 0 Å². The largest absolute Gasteiger partial charge is 0.365 e. The molecule has 66 valence electrons. The van der Waals surface area contributed by atoms with Crippen molar-refractivity contribution in [3.63, 3.8) is 0 Å². The van der Waals surface area contributed by atoms with Gasteiger partial charge in [0.2, 0.25) is 0 Å². The summed E-state index contributed by atoms with van der Waals surface area (Å²) in [5.74, 6) is 0.750. The maximum absolute atomic E-state index is 3.16. The molecule has 0 aliphatic rings. The number of hydrogen-bond acceptors (Lipinski definition) is 0. The Bertz CT molecular complexity index is 256. The Hall–Kier alpha value is -0.980. The predicted molar refractivity (Wildman–Crippen MR) is 54.0 cm³/mol. The lowest BCUT2D eigenvalue weighted by Crippen LogP contribution is -1.81. The second-order valence-corrected chi connectivity index (χ2v) is 3.59. The maximum atomic E-state index is 3.16. The van der Waals surface area contributed by atoms with Crippen molar-refractivity contribution in [3.05, 3.63) is 29.6 Å². The van der Waals surface area contributed by atoms with Gasteiger partial charge in [-0.2, -0.15) is 0 Å². The molecule has 0 amide bonds. The average Bonchev–Trinajstić information content (AvgIpc) is 2.36. The van der Waals surface area contributed by atoms with Crippen molar-refractivity contribution in [1.29, 1.82) is 0 Å². The zero-order valence-corrected chi connectivity index (χ0v) is 8.09. The van der Waals surface area contributed by atoms with Crippen molar-refractivity contribution in [3.8, 4) is 0 Å². The molecule has 1 heteroatoms. The molecular weight excluding hydrogens is 146 g/mol. The Labute approximate surface area is 74.5 Å². The quantitative estimate of drug-likeness (QED) is 0.703. The van der Waals surface area contributed by atoms with Gasteiger partial charge in [0.15, 0.2) is 0 Å². The van der Waals surface area contributed by atoms with Crippen LogP contribution in [0.5, 0.6) is 0 Å². The first-order chi connectivity index (χ1) is 5.70. The minimum absolute atomic E-state index is 0.750. The molecular formula is C11H17N. The van der Waals surface area contributed by atoms with Gasteiger partial charge in [0.05, 0.1) is 0 Å². The average molecular weight is 163 g/mol. The fourth-order valence-electron chi connectivity index (χ4n) is 1.11. The van der Waals surface area contributed by atoms with Gasteiger partial charge < -0.3 is 4.98 Å². The third-order valence-electron chi connectivity index (χ3n) is 1.90. The molecule has 0 radical (unpaired) electrons. The van der Waals surface area contributed by atoms with Gasteiger partial charge in [0.25, 0.3) is 0 Å². The summed E-state index contributed by atoms with van der Waals surface area (Å²) in [6.45, 7) is 6.55. The molecule has 0 aliphatic heterocycles. The number of nitrogens with one attached hydrogen (secondary N) is 1. The number of H-pyrrole nitrogens is 1. The predicted octanol–water partition coefficient (Wildman–Crippen LogP) is 3.38. The monoisotopic (exact) mass is 163 g/mol. The van der Waals surface area contributed by atoms with Crippen LogP contribution < -0.4 is 0 Å². The summed E-state index contributed by atoms with van der Waals surface area (Å²) >= 11 is 0. The van der Waals surface area contributed by atoms with E-state index in [2.05, 4.69) is 44.0 Å². The van der Waals surface area contributed by atoms with E-state index in [4.69, 9.17) is 0 Å². The molecule has 0 spiro atoms. The number of rotatable bonds is 3. The highest BCUT2D eigenvalue weighted by atomic mass is 14.7. The smallest absolute Gasteiger partial charge is 0.0188 e. The molecule has 0 fully saturated rings. The second kappa shape index (κ2) is 4.15. The third-order valence-corrected chi connectivity index (χ3v) is 1.90. The van der Waals surface area contributed by atoms with Crippen LogP contribution in [0.4, 0.5) is 0 Å². The normalized spacial score (nSPS) is 11.7. The van der Waals surface area contributed by atoms with Gasteiger partial charge in [-0.1, -0.05) is 26.0 Å². The Morgan fingerprint density at radius 1 is 1.50 bits per heavy atom. The number of aryl methyl sites for hydroxylation is 1. The van der Waals surface area contributed by atoms with Gasteiger partial charge in [-0.25, -0.2) is 0 Å². The minimum atomic E-state index is 0.750. The van der Waals surface area contributed by atoms with E-state index >= 15 is 0 Å². The van der Waals surface area contributed by atoms with E-state index in [9.17, 15) is 0 Å². The van der Waals surface area contributed by atoms with Crippen LogP contribution in [0, 0.1) is 12.8 Å². The summed E-state index contributed by atoms with van der Waals surface area (Å²) in [7, 11) is 0. The minimum Gasteiger partial charge on any atom is -0.365 e. The Morgan fingerprint density at radius 3 is 2.75 bits per heavy atom. The fourth-order valence-corrected chi connectivity index (χ4v) is 1.11. The molecule has 1 nitrogen and oxygen atoms in total. The molecule has 0 bridgehead atoms. The Balaban J connectivity index is 2.52. The van der Waals surface area contributed by atoms with Crippen LogP contribution >= 0.6 is 0 Å². The SMILES string of the molecule is Cc1[nH]ccc1/C=C/CC(C)C. The standard InChI is InChI=1S/C11H17N/c1-9(2)5-4-6-11-7-8-12-10(11)3/h4,6-9,12H,5H2,1-3H3/b6-4+. The lowest BCUT2D eigenvalue weighted by Gasteiger charge is -1.96. The highest BCUT2D eigenvalue weighted by Crippen LogP contribution is 2.09.